The Bertz CT molecular complexity index is 1430. The fraction of sp³-hybridized carbons (Fsp3) is 0.148. The molecule has 0 N–H and O–H groups in total. The highest BCUT2D eigenvalue weighted by molar-refractivity contribution is 6.30. The highest BCUT2D eigenvalue weighted by atomic mass is 35.5. The van der Waals surface area contributed by atoms with Gasteiger partial charge in [0.25, 0.3) is 0 Å². The molecule has 0 saturated carbocycles. The fourth-order valence-electron chi connectivity index (χ4n) is 3.37. The zero-order valence-electron chi connectivity index (χ0n) is 18.9. The van der Waals surface area contributed by atoms with E-state index in [1.54, 1.807) is 62.4 Å². The number of esters is 2. The van der Waals surface area contributed by atoms with E-state index in [2.05, 4.69) is 0 Å². The lowest BCUT2D eigenvalue weighted by Crippen LogP contribution is -2.14. The molecule has 0 saturated heterocycles. The second kappa shape index (κ2) is 10.4. The number of carbonyl (C=O) groups excluding carboxylic acids is 2. The molecule has 35 heavy (non-hydrogen) atoms. The quantitative estimate of drug-likeness (QED) is 0.178. The molecule has 0 aliphatic carbocycles. The summed E-state index contributed by atoms with van der Waals surface area (Å²) in [5.41, 5.74) is 0.818. The molecule has 0 spiro atoms. The van der Waals surface area contributed by atoms with Gasteiger partial charge < -0.3 is 18.6 Å². The maximum absolute atomic E-state index is 13.1. The molecular formula is C27H21ClO7. The number of rotatable bonds is 7. The molecule has 0 aliphatic rings. The summed E-state index contributed by atoms with van der Waals surface area (Å²) in [6, 6.07) is 19.5. The van der Waals surface area contributed by atoms with Crippen molar-refractivity contribution in [2.75, 3.05) is 6.61 Å². The maximum atomic E-state index is 13.1. The molecule has 7 nitrogen and oxygen atoms in total. The third-order valence-corrected chi connectivity index (χ3v) is 5.52. The van der Waals surface area contributed by atoms with Gasteiger partial charge in [-0.05, 0) is 55.8 Å². The summed E-state index contributed by atoms with van der Waals surface area (Å²) in [5, 5.41) is -0.731. The number of hydrogen-bond donors (Lipinski definition) is 0. The predicted molar refractivity (Wildman–Crippen MR) is 130 cm³/mol. The molecule has 1 aromatic heterocycles. The van der Waals surface area contributed by atoms with E-state index in [9.17, 15) is 14.4 Å². The molecule has 0 amide bonds. The van der Waals surface area contributed by atoms with Gasteiger partial charge in [0.1, 0.15) is 22.8 Å². The van der Waals surface area contributed by atoms with Crippen LogP contribution in [0.4, 0.5) is 0 Å². The monoisotopic (exact) mass is 492 g/mol. The average Bonchev–Trinajstić information content (AvgIpc) is 2.87. The van der Waals surface area contributed by atoms with Crippen LogP contribution in [0.1, 0.15) is 34.0 Å². The maximum Gasteiger partial charge on any atom is 0.338 e. The summed E-state index contributed by atoms with van der Waals surface area (Å²) in [5.74, 6) is -0.304. The van der Waals surface area contributed by atoms with E-state index in [1.165, 1.54) is 18.2 Å². The molecule has 178 valence electrons. The highest BCUT2D eigenvalue weighted by Crippen LogP contribution is 2.29. The van der Waals surface area contributed by atoms with Crippen LogP contribution in [-0.4, -0.2) is 18.5 Å². The van der Waals surface area contributed by atoms with Crippen LogP contribution in [0, 0.1) is 6.92 Å². The van der Waals surface area contributed by atoms with Crippen LogP contribution in [0.15, 0.2) is 82.0 Å². The number of alkyl halides is 1. The van der Waals surface area contributed by atoms with E-state index < -0.39 is 22.7 Å². The Balaban J connectivity index is 1.55. The van der Waals surface area contributed by atoms with Crippen molar-refractivity contribution in [3.05, 3.63) is 99.9 Å². The number of fused-ring (bicyclic) bond motifs is 1. The summed E-state index contributed by atoms with van der Waals surface area (Å²) in [4.78, 5) is 37.3. The number of aryl methyl sites for hydroxylation is 1. The molecule has 0 radical (unpaired) electrons. The van der Waals surface area contributed by atoms with Crippen LogP contribution in [-0.2, 0) is 9.53 Å². The molecule has 8 heteroatoms. The zero-order chi connectivity index (χ0) is 24.9. The summed E-state index contributed by atoms with van der Waals surface area (Å²) in [6.45, 7) is 3.59. The zero-order valence-corrected chi connectivity index (χ0v) is 19.7. The summed E-state index contributed by atoms with van der Waals surface area (Å²) in [6.07, 6.45) is 0. The Hall–Kier alpha value is -4.10. The van der Waals surface area contributed by atoms with Gasteiger partial charge in [0.2, 0.25) is 11.2 Å². The Kier molecular flexibility index (Phi) is 7.17. The number of ether oxygens (including phenoxy) is 3. The first kappa shape index (κ1) is 24.0. The molecule has 1 unspecified atom stereocenters. The fourth-order valence-corrected chi connectivity index (χ4v) is 3.56. The molecule has 3 aromatic carbocycles. The Morgan fingerprint density at radius 2 is 1.66 bits per heavy atom. The van der Waals surface area contributed by atoms with Gasteiger partial charge in [-0.1, -0.05) is 30.3 Å². The normalized spacial score (nSPS) is 11.6. The third kappa shape index (κ3) is 5.36. The van der Waals surface area contributed by atoms with Gasteiger partial charge in [-0.2, -0.15) is 0 Å². The van der Waals surface area contributed by atoms with Gasteiger partial charge in [0, 0.05) is 6.07 Å². The lowest BCUT2D eigenvalue weighted by molar-refractivity contribution is -0.134. The Morgan fingerprint density at radius 1 is 0.971 bits per heavy atom. The first-order valence-electron chi connectivity index (χ1n) is 10.8. The Morgan fingerprint density at radius 3 is 2.34 bits per heavy atom. The van der Waals surface area contributed by atoms with E-state index in [1.807, 2.05) is 6.07 Å². The summed E-state index contributed by atoms with van der Waals surface area (Å²) >= 11 is 6.23. The topological polar surface area (TPSA) is 92.0 Å². The molecule has 1 heterocycles. The van der Waals surface area contributed by atoms with Gasteiger partial charge in [0.15, 0.2) is 5.38 Å². The summed E-state index contributed by atoms with van der Waals surface area (Å²) in [7, 11) is 0. The lowest BCUT2D eigenvalue weighted by Gasteiger charge is -2.12. The van der Waals surface area contributed by atoms with Crippen molar-refractivity contribution in [3.8, 4) is 17.2 Å². The van der Waals surface area contributed by atoms with Crippen LogP contribution in [0.5, 0.6) is 17.2 Å². The van der Waals surface area contributed by atoms with Crippen molar-refractivity contribution in [1.29, 1.82) is 0 Å². The number of benzene rings is 3. The molecule has 4 aromatic rings. The van der Waals surface area contributed by atoms with Gasteiger partial charge in [0.05, 0.1) is 17.6 Å². The molecule has 4 rings (SSSR count). The van der Waals surface area contributed by atoms with Gasteiger partial charge in [-0.3, -0.25) is 4.79 Å². The van der Waals surface area contributed by atoms with E-state index in [0.29, 0.717) is 16.9 Å². The minimum absolute atomic E-state index is 0.0102. The first-order valence-corrected chi connectivity index (χ1v) is 11.2. The molecule has 0 fully saturated rings. The molecular weight excluding hydrogens is 472 g/mol. The van der Waals surface area contributed by atoms with E-state index >= 15 is 0 Å². The largest absolute Gasteiger partial charge is 0.462 e. The first-order chi connectivity index (χ1) is 16.9. The highest BCUT2D eigenvalue weighted by Gasteiger charge is 2.21. The van der Waals surface area contributed by atoms with Crippen molar-refractivity contribution in [2.24, 2.45) is 0 Å². The minimum Gasteiger partial charge on any atom is -0.462 e. The van der Waals surface area contributed by atoms with E-state index in [4.69, 9.17) is 30.2 Å². The standard InChI is InChI=1S/C27H21ClO7/c1-3-32-26(30)18-9-11-19(12-10-18)34-25-16(2)33-22-15-20(13-14-21(22)24(25)29)35-27(31)23(28)17-7-5-4-6-8-17/h4-15,23H,3H2,1-2H3. The van der Waals surface area contributed by atoms with Gasteiger partial charge >= 0.3 is 11.9 Å². The second-order valence-corrected chi connectivity index (χ2v) is 7.95. The van der Waals surface area contributed by atoms with Gasteiger partial charge in [-0.15, -0.1) is 11.6 Å². The second-order valence-electron chi connectivity index (χ2n) is 7.52. The third-order valence-electron chi connectivity index (χ3n) is 5.09. The molecule has 1 atom stereocenters. The number of halogens is 1. The van der Waals surface area contributed by atoms with Crippen LogP contribution < -0.4 is 14.9 Å². The average molecular weight is 493 g/mol. The van der Waals surface area contributed by atoms with Crippen molar-refractivity contribution in [1.82, 2.24) is 0 Å². The van der Waals surface area contributed by atoms with E-state index in [0.717, 1.165) is 0 Å². The number of hydrogen-bond acceptors (Lipinski definition) is 7. The van der Waals surface area contributed by atoms with Crippen molar-refractivity contribution >= 4 is 34.5 Å². The minimum atomic E-state index is -0.980. The van der Waals surface area contributed by atoms with Crippen LogP contribution >= 0.6 is 11.6 Å². The smallest absolute Gasteiger partial charge is 0.338 e. The van der Waals surface area contributed by atoms with Crippen LogP contribution in [0.2, 0.25) is 0 Å². The van der Waals surface area contributed by atoms with Crippen molar-refractivity contribution in [2.45, 2.75) is 19.2 Å². The van der Waals surface area contributed by atoms with Crippen molar-refractivity contribution < 1.29 is 28.2 Å². The van der Waals surface area contributed by atoms with Crippen molar-refractivity contribution in [3.63, 3.8) is 0 Å². The lowest BCUT2D eigenvalue weighted by atomic mass is 10.1. The molecule has 0 bridgehead atoms. The molecule has 0 aliphatic heterocycles. The SMILES string of the molecule is CCOC(=O)c1ccc(Oc2c(C)oc3cc(OC(=O)C(Cl)c4ccccc4)ccc3c2=O)cc1. The van der Waals surface area contributed by atoms with Crippen LogP contribution in [0.25, 0.3) is 11.0 Å². The predicted octanol–water partition coefficient (Wildman–Crippen LogP) is 5.96. The van der Waals surface area contributed by atoms with E-state index in [-0.39, 0.29) is 34.8 Å². The Labute approximate surface area is 205 Å². The van der Waals surface area contributed by atoms with Crippen LogP contribution in [0.3, 0.4) is 0 Å². The summed E-state index contributed by atoms with van der Waals surface area (Å²) < 4.78 is 21.9. The van der Waals surface area contributed by atoms with Gasteiger partial charge in [-0.25, -0.2) is 9.59 Å². The number of carbonyl (C=O) groups is 2.